The third-order valence-electron chi connectivity index (χ3n) is 2.16. The largest absolute Gasteiger partial charge is 0.417 e. The zero-order valence-corrected chi connectivity index (χ0v) is 9.19. The van der Waals surface area contributed by atoms with Crippen LogP contribution >= 0.6 is 11.6 Å². The summed E-state index contributed by atoms with van der Waals surface area (Å²) in [5.41, 5.74) is 4.55. The third-order valence-corrected chi connectivity index (χ3v) is 2.47. The van der Waals surface area contributed by atoms with Gasteiger partial charge in [-0.15, -0.1) is 0 Å². The van der Waals surface area contributed by atoms with Crippen LogP contribution in [0.4, 0.5) is 22.0 Å². The normalized spacial score (nSPS) is 14.1. The van der Waals surface area contributed by atoms with Crippen molar-refractivity contribution in [1.29, 1.82) is 0 Å². The minimum atomic E-state index is -4.57. The van der Waals surface area contributed by atoms with Crippen LogP contribution in [0.3, 0.4) is 0 Å². The highest BCUT2D eigenvalue weighted by Gasteiger charge is 2.33. The van der Waals surface area contributed by atoms with Crippen molar-refractivity contribution < 1.29 is 22.0 Å². The van der Waals surface area contributed by atoms with E-state index in [0.717, 1.165) is 18.2 Å². The highest BCUT2D eigenvalue weighted by atomic mass is 35.5. The van der Waals surface area contributed by atoms with Gasteiger partial charge in [0.15, 0.2) is 0 Å². The summed E-state index contributed by atoms with van der Waals surface area (Å²) in [5, 5.41) is -0.542. The molecule has 0 aliphatic carbocycles. The van der Waals surface area contributed by atoms with Gasteiger partial charge in [0, 0.05) is 12.5 Å². The molecule has 0 radical (unpaired) electrons. The molecule has 17 heavy (non-hydrogen) atoms. The molecule has 0 bridgehead atoms. The summed E-state index contributed by atoms with van der Waals surface area (Å²) in [4.78, 5) is 0. The van der Waals surface area contributed by atoms with Crippen LogP contribution in [0.1, 0.15) is 23.6 Å². The molecule has 1 rings (SSSR count). The zero-order valence-electron chi connectivity index (χ0n) is 8.44. The first kappa shape index (κ1) is 14.2. The Morgan fingerprint density at radius 2 is 1.82 bits per heavy atom. The topological polar surface area (TPSA) is 26.0 Å². The summed E-state index contributed by atoms with van der Waals surface area (Å²) >= 11 is 5.43. The molecule has 0 aliphatic rings. The molecule has 1 atom stereocenters. The predicted octanol–water partition coefficient (Wildman–Crippen LogP) is 4.01. The van der Waals surface area contributed by atoms with Crippen LogP contribution < -0.4 is 5.73 Å². The van der Waals surface area contributed by atoms with E-state index in [1.165, 1.54) is 0 Å². The van der Waals surface area contributed by atoms with Gasteiger partial charge in [-0.1, -0.05) is 17.7 Å². The number of rotatable bonds is 3. The second-order valence-corrected chi connectivity index (χ2v) is 3.88. The van der Waals surface area contributed by atoms with Crippen LogP contribution in [0.2, 0.25) is 5.02 Å². The number of hydrogen-bond acceptors (Lipinski definition) is 1. The van der Waals surface area contributed by atoms with Gasteiger partial charge >= 0.3 is 6.18 Å². The minimum Gasteiger partial charge on any atom is -0.324 e. The van der Waals surface area contributed by atoms with E-state index >= 15 is 0 Å². The van der Waals surface area contributed by atoms with Crippen molar-refractivity contribution in [3.8, 4) is 0 Å². The molecule has 0 aromatic heterocycles. The maximum absolute atomic E-state index is 12.4. The minimum absolute atomic E-state index is 0.156. The molecular formula is C10H9ClF5N. The standard InChI is InChI=1S/C10H9ClF5N/c11-7-3-5(8(17)4-9(12)13)1-2-6(7)10(14,15)16/h1-3,8-9H,4,17H2/t8-/m0/s1. The van der Waals surface area contributed by atoms with Gasteiger partial charge in [-0.25, -0.2) is 8.78 Å². The van der Waals surface area contributed by atoms with Gasteiger partial charge in [-0.3, -0.25) is 0 Å². The van der Waals surface area contributed by atoms with Crippen molar-refractivity contribution in [2.75, 3.05) is 0 Å². The fraction of sp³-hybridized carbons (Fsp3) is 0.400. The van der Waals surface area contributed by atoms with Crippen LogP contribution in [0.15, 0.2) is 18.2 Å². The molecule has 0 unspecified atom stereocenters. The molecule has 0 amide bonds. The lowest BCUT2D eigenvalue weighted by molar-refractivity contribution is -0.137. The summed E-state index contributed by atoms with van der Waals surface area (Å²) in [7, 11) is 0. The van der Waals surface area contributed by atoms with E-state index in [1.807, 2.05) is 0 Å². The molecule has 0 saturated heterocycles. The van der Waals surface area contributed by atoms with Crippen molar-refractivity contribution >= 4 is 11.6 Å². The number of alkyl halides is 5. The maximum atomic E-state index is 12.4. The van der Waals surface area contributed by atoms with E-state index in [0.29, 0.717) is 0 Å². The highest BCUT2D eigenvalue weighted by molar-refractivity contribution is 6.31. The zero-order chi connectivity index (χ0) is 13.2. The molecule has 1 aromatic carbocycles. The summed E-state index contributed by atoms with van der Waals surface area (Å²) in [6.07, 6.45) is -7.81. The Labute approximate surface area is 99.4 Å². The lowest BCUT2D eigenvalue weighted by Crippen LogP contribution is -2.15. The van der Waals surface area contributed by atoms with Gasteiger partial charge in [-0.05, 0) is 17.7 Å². The molecule has 1 nitrogen and oxygen atoms in total. The lowest BCUT2D eigenvalue weighted by atomic mass is 10.0. The van der Waals surface area contributed by atoms with Gasteiger partial charge < -0.3 is 5.73 Å². The van der Waals surface area contributed by atoms with E-state index in [1.54, 1.807) is 0 Å². The molecule has 0 spiro atoms. The van der Waals surface area contributed by atoms with Gasteiger partial charge in [-0.2, -0.15) is 13.2 Å². The average Bonchev–Trinajstić information content (AvgIpc) is 2.14. The van der Waals surface area contributed by atoms with Gasteiger partial charge in [0.1, 0.15) is 0 Å². The quantitative estimate of drug-likeness (QED) is 0.827. The van der Waals surface area contributed by atoms with Gasteiger partial charge in [0.2, 0.25) is 6.43 Å². The van der Waals surface area contributed by atoms with E-state index in [9.17, 15) is 22.0 Å². The monoisotopic (exact) mass is 273 g/mol. The first-order valence-electron chi connectivity index (χ1n) is 4.62. The SMILES string of the molecule is N[C@@H](CC(F)F)c1ccc(C(F)(F)F)c(Cl)c1. The van der Waals surface area contributed by atoms with E-state index in [-0.39, 0.29) is 5.56 Å². The molecule has 2 N–H and O–H groups in total. The molecule has 0 heterocycles. The van der Waals surface area contributed by atoms with Crippen LogP contribution in [0.5, 0.6) is 0 Å². The Kier molecular flexibility index (Phi) is 4.32. The second-order valence-electron chi connectivity index (χ2n) is 3.47. The van der Waals surface area contributed by atoms with Crippen molar-refractivity contribution in [3.63, 3.8) is 0 Å². The smallest absolute Gasteiger partial charge is 0.324 e. The molecule has 0 fully saturated rings. The first-order valence-corrected chi connectivity index (χ1v) is 5.00. The Balaban J connectivity index is 2.97. The Bertz CT molecular complexity index is 391. The predicted molar refractivity (Wildman–Crippen MR) is 54.0 cm³/mol. The van der Waals surface area contributed by atoms with Crippen molar-refractivity contribution in [3.05, 3.63) is 34.3 Å². The first-order chi connectivity index (χ1) is 7.71. The molecule has 1 aromatic rings. The van der Waals surface area contributed by atoms with Crippen molar-refractivity contribution in [2.45, 2.75) is 25.1 Å². The fourth-order valence-electron chi connectivity index (χ4n) is 1.32. The number of hydrogen-bond donors (Lipinski definition) is 1. The fourth-order valence-corrected chi connectivity index (χ4v) is 1.62. The lowest BCUT2D eigenvalue weighted by Gasteiger charge is -2.14. The van der Waals surface area contributed by atoms with Gasteiger partial charge in [0.25, 0.3) is 0 Å². The number of nitrogens with two attached hydrogens (primary N) is 1. The number of benzene rings is 1. The maximum Gasteiger partial charge on any atom is 0.417 e. The number of halogens is 6. The summed E-state index contributed by atoms with van der Waals surface area (Å²) < 4.78 is 61.2. The van der Waals surface area contributed by atoms with E-state index in [4.69, 9.17) is 17.3 Å². The van der Waals surface area contributed by atoms with Crippen LogP contribution in [-0.2, 0) is 6.18 Å². The second kappa shape index (κ2) is 5.18. The Hall–Kier alpha value is -0.880. The molecule has 7 heteroatoms. The summed E-state index contributed by atoms with van der Waals surface area (Å²) in [5.74, 6) is 0. The van der Waals surface area contributed by atoms with Crippen molar-refractivity contribution in [1.82, 2.24) is 0 Å². The average molecular weight is 274 g/mol. The molecule has 0 aliphatic heterocycles. The van der Waals surface area contributed by atoms with Gasteiger partial charge in [0.05, 0.1) is 10.6 Å². The van der Waals surface area contributed by atoms with Crippen molar-refractivity contribution in [2.24, 2.45) is 5.73 Å². The van der Waals surface area contributed by atoms with Crippen LogP contribution in [0, 0.1) is 0 Å². The molecule has 0 saturated carbocycles. The molecular weight excluding hydrogens is 265 g/mol. The summed E-state index contributed by atoms with van der Waals surface area (Å²) in [6.45, 7) is 0. The van der Waals surface area contributed by atoms with E-state index < -0.39 is 35.7 Å². The Morgan fingerprint density at radius 1 is 1.24 bits per heavy atom. The Morgan fingerprint density at radius 3 is 2.24 bits per heavy atom. The van der Waals surface area contributed by atoms with E-state index in [2.05, 4.69) is 0 Å². The van der Waals surface area contributed by atoms with Crippen LogP contribution in [0.25, 0.3) is 0 Å². The highest BCUT2D eigenvalue weighted by Crippen LogP contribution is 2.36. The van der Waals surface area contributed by atoms with Crippen LogP contribution in [-0.4, -0.2) is 6.43 Å². The summed E-state index contributed by atoms with van der Waals surface area (Å²) in [6, 6.07) is 1.73. The third kappa shape index (κ3) is 3.81. The molecule has 96 valence electrons.